The predicted molar refractivity (Wildman–Crippen MR) is 90.1 cm³/mol. The molecule has 2 N–H and O–H groups in total. The lowest BCUT2D eigenvalue weighted by Gasteiger charge is -2.15. The smallest absolute Gasteiger partial charge is 0.330 e. The van der Waals surface area contributed by atoms with Crippen LogP contribution in [0.3, 0.4) is 0 Å². The van der Waals surface area contributed by atoms with Gasteiger partial charge >= 0.3 is 6.03 Å². The Morgan fingerprint density at radius 3 is 3.04 bits per heavy atom. The zero-order chi connectivity index (χ0) is 15.8. The van der Waals surface area contributed by atoms with Gasteiger partial charge in [-0.15, -0.1) is 0 Å². The number of fused-ring (bicyclic) bond motifs is 2. The molecule has 1 heterocycles. The number of carbonyl (C=O) groups excluding carboxylic acids is 1. The number of urea groups is 1. The minimum Gasteiger partial charge on any atom is -0.330 e. The molecule has 23 heavy (non-hydrogen) atoms. The lowest BCUT2D eigenvalue weighted by atomic mass is 10.1. The van der Waals surface area contributed by atoms with Crippen LogP contribution in [0.25, 0.3) is 10.9 Å². The number of nitrogens with one attached hydrogen (secondary N) is 2. The van der Waals surface area contributed by atoms with Gasteiger partial charge in [0.1, 0.15) is 0 Å². The second-order valence-electron chi connectivity index (χ2n) is 5.63. The van der Waals surface area contributed by atoms with Gasteiger partial charge in [0.15, 0.2) is 0 Å². The van der Waals surface area contributed by atoms with Crippen LogP contribution < -0.4 is 10.7 Å². The topological polar surface area (TPSA) is 59.0 Å². The Balaban J connectivity index is 1.49. The van der Waals surface area contributed by atoms with Gasteiger partial charge in [0.25, 0.3) is 0 Å². The van der Waals surface area contributed by atoms with Gasteiger partial charge in [-0.25, -0.2) is 10.2 Å². The zero-order valence-electron chi connectivity index (χ0n) is 12.3. The number of rotatable bonds is 2. The second-order valence-corrected chi connectivity index (χ2v) is 6.07. The number of hydrogen-bond donors (Lipinski definition) is 2. The summed E-state index contributed by atoms with van der Waals surface area (Å²) in [7, 11) is 0. The molecule has 2 amide bonds. The van der Waals surface area contributed by atoms with E-state index in [2.05, 4.69) is 15.8 Å². The highest BCUT2D eigenvalue weighted by Gasteiger charge is 2.24. The Hall–Kier alpha value is -2.53. The molecular weight excluding hydrogens is 312 g/mol. The van der Waals surface area contributed by atoms with Crippen molar-refractivity contribution >= 4 is 28.5 Å². The first kappa shape index (κ1) is 14.1. The minimum absolute atomic E-state index is 0.00379. The molecule has 0 bridgehead atoms. The molecule has 0 saturated carbocycles. The lowest BCUT2D eigenvalue weighted by Crippen LogP contribution is -2.36. The summed E-state index contributed by atoms with van der Waals surface area (Å²) >= 11 is 6.02. The van der Waals surface area contributed by atoms with E-state index in [1.165, 1.54) is 10.4 Å². The van der Waals surface area contributed by atoms with Crippen molar-refractivity contribution in [2.75, 3.05) is 5.43 Å². The molecule has 1 unspecified atom stereocenters. The monoisotopic (exact) mass is 326 g/mol. The summed E-state index contributed by atoms with van der Waals surface area (Å²) in [6.07, 6.45) is 3.52. The summed E-state index contributed by atoms with van der Waals surface area (Å²) < 4.78 is 0. The molecule has 1 aromatic heterocycles. The molecule has 0 spiro atoms. The van der Waals surface area contributed by atoms with E-state index in [0.717, 1.165) is 34.3 Å². The highest BCUT2D eigenvalue weighted by molar-refractivity contribution is 6.30. The summed E-state index contributed by atoms with van der Waals surface area (Å²) in [6.45, 7) is 0. The van der Waals surface area contributed by atoms with Gasteiger partial charge in [-0.1, -0.05) is 35.9 Å². The Kier molecular flexibility index (Phi) is 3.42. The van der Waals surface area contributed by atoms with Crippen molar-refractivity contribution in [3.05, 3.63) is 64.8 Å². The molecule has 6 heteroatoms. The highest BCUT2D eigenvalue weighted by atomic mass is 35.5. The number of benzene rings is 2. The van der Waals surface area contributed by atoms with Crippen LogP contribution in [-0.2, 0) is 6.42 Å². The Bertz CT molecular complexity index is 889. The molecule has 4 rings (SSSR count). The second kappa shape index (κ2) is 5.59. The molecule has 1 atom stereocenters. The molecule has 5 nitrogen and oxygen atoms in total. The Morgan fingerprint density at radius 2 is 2.13 bits per heavy atom. The predicted octanol–water partition coefficient (Wildman–Crippen LogP) is 3.63. The van der Waals surface area contributed by atoms with Gasteiger partial charge in [0.2, 0.25) is 0 Å². The number of nitrogens with zero attached hydrogens (tertiary/aromatic N) is 2. The minimum atomic E-state index is -0.272. The van der Waals surface area contributed by atoms with E-state index in [9.17, 15) is 4.79 Å². The van der Waals surface area contributed by atoms with E-state index in [0.29, 0.717) is 0 Å². The third-order valence-electron chi connectivity index (χ3n) is 4.17. The zero-order valence-corrected chi connectivity index (χ0v) is 13.0. The van der Waals surface area contributed by atoms with Gasteiger partial charge in [-0.2, -0.15) is 9.89 Å². The molecule has 2 aromatic carbocycles. The van der Waals surface area contributed by atoms with E-state index in [1.807, 2.05) is 42.5 Å². The number of hydrogen-bond acceptors (Lipinski definition) is 2. The Morgan fingerprint density at radius 1 is 1.26 bits per heavy atom. The number of amides is 2. The summed E-state index contributed by atoms with van der Waals surface area (Å²) in [4.78, 5) is 13.8. The van der Waals surface area contributed by atoms with Crippen LogP contribution in [0.4, 0.5) is 4.79 Å². The fourth-order valence-corrected chi connectivity index (χ4v) is 3.28. The fourth-order valence-electron chi connectivity index (χ4n) is 3.08. The summed E-state index contributed by atoms with van der Waals surface area (Å²) in [5, 5.41) is 8.91. The van der Waals surface area contributed by atoms with Crippen molar-refractivity contribution in [3.63, 3.8) is 0 Å². The fraction of sp³-hybridized carbons (Fsp3) is 0.176. The molecule has 0 saturated heterocycles. The molecule has 116 valence electrons. The molecular formula is C17H15ClN4O. The SMILES string of the molecule is O=C(NC1CCc2cc(Cl)ccc21)Nn1ncc2ccccc21. The van der Waals surface area contributed by atoms with E-state index in [4.69, 9.17) is 11.6 Å². The number of aryl methyl sites for hydroxylation is 1. The number of carbonyl (C=O) groups is 1. The summed E-state index contributed by atoms with van der Waals surface area (Å²) in [5.74, 6) is 0. The van der Waals surface area contributed by atoms with Crippen LogP contribution in [0.15, 0.2) is 48.7 Å². The van der Waals surface area contributed by atoms with E-state index in [-0.39, 0.29) is 12.1 Å². The van der Waals surface area contributed by atoms with Crippen molar-refractivity contribution < 1.29 is 4.79 Å². The average Bonchev–Trinajstić information content (AvgIpc) is 3.12. The first-order valence-corrected chi connectivity index (χ1v) is 7.87. The molecule has 1 aliphatic carbocycles. The first-order chi connectivity index (χ1) is 11.2. The molecule has 0 aliphatic heterocycles. The lowest BCUT2D eigenvalue weighted by molar-refractivity contribution is 0.245. The first-order valence-electron chi connectivity index (χ1n) is 7.49. The van der Waals surface area contributed by atoms with Crippen molar-refractivity contribution in [2.24, 2.45) is 0 Å². The number of para-hydroxylation sites is 1. The van der Waals surface area contributed by atoms with Gasteiger partial charge in [0.05, 0.1) is 17.8 Å². The van der Waals surface area contributed by atoms with Crippen LogP contribution in [0.5, 0.6) is 0 Å². The maximum atomic E-state index is 12.3. The van der Waals surface area contributed by atoms with Crippen molar-refractivity contribution in [3.8, 4) is 0 Å². The van der Waals surface area contributed by atoms with Gasteiger partial charge in [-0.3, -0.25) is 0 Å². The maximum Gasteiger partial charge on any atom is 0.335 e. The third-order valence-corrected chi connectivity index (χ3v) is 4.41. The third kappa shape index (κ3) is 2.64. The molecule has 3 aromatic rings. The van der Waals surface area contributed by atoms with Gasteiger partial charge in [-0.05, 0) is 42.2 Å². The summed E-state index contributed by atoms with van der Waals surface area (Å²) in [6, 6.07) is 13.3. The highest BCUT2D eigenvalue weighted by Crippen LogP contribution is 2.32. The van der Waals surface area contributed by atoms with Crippen LogP contribution in [0, 0.1) is 0 Å². The van der Waals surface area contributed by atoms with Crippen LogP contribution >= 0.6 is 11.6 Å². The number of halogens is 1. The van der Waals surface area contributed by atoms with Gasteiger partial charge < -0.3 is 5.32 Å². The van der Waals surface area contributed by atoms with E-state index < -0.39 is 0 Å². The Labute approximate surface area is 138 Å². The average molecular weight is 327 g/mol. The molecule has 0 radical (unpaired) electrons. The normalized spacial score (nSPS) is 16.3. The van der Waals surface area contributed by atoms with Crippen LogP contribution in [-0.4, -0.2) is 15.9 Å². The van der Waals surface area contributed by atoms with Crippen molar-refractivity contribution in [2.45, 2.75) is 18.9 Å². The largest absolute Gasteiger partial charge is 0.335 e. The maximum absolute atomic E-state index is 12.3. The van der Waals surface area contributed by atoms with Gasteiger partial charge in [0, 0.05) is 10.4 Å². The summed E-state index contributed by atoms with van der Waals surface area (Å²) in [5.41, 5.74) is 5.96. The van der Waals surface area contributed by atoms with Crippen LogP contribution in [0.1, 0.15) is 23.6 Å². The van der Waals surface area contributed by atoms with E-state index >= 15 is 0 Å². The molecule has 0 fully saturated rings. The number of aromatic nitrogens is 2. The molecule has 1 aliphatic rings. The van der Waals surface area contributed by atoms with Crippen LogP contribution in [0.2, 0.25) is 5.02 Å². The quantitative estimate of drug-likeness (QED) is 0.755. The van der Waals surface area contributed by atoms with Crippen molar-refractivity contribution in [1.82, 2.24) is 15.2 Å². The standard InChI is InChI=1S/C17H15ClN4O/c18-13-6-7-14-11(9-13)5-8-15(14)20-17(23)21-22-16-4-2-1-3-12(16)10-19-22/h1-4,6-7,9-10,15H,5,8H2,(H2,20,21,23). The van der Waals surface area contributed by atoms with E-state index in [1.54, 1.807) is 6.20 Å². The van der Waals surface area contributed by atoms with Crippen molar-refractivity contribution in [1.29, 1.82) is 0 Å².